The van der Waals surface area contributed by atoms with E-state index in [1.807, 2.05) is 0 Å². The predicted molar refractivity (Wildman–Crippen MR) is 61.1 cm³/mol. The first-order valence-electron chi connectivity index (χ1n) is 4.92. The molecule has 0 aliphatic heterocycles. The fraction of sp³-hybridized carbons (Fsp3) is 0.0909. The zero-order chi connectivity index (χ0) is 12.3. The maximum atomic E-state index is 13.0. The Morgan fingerprint density at radius 3 is 2.88 bits per heavy atom. The Hall–Kier alpha value is -2.21. The van der Waals surface area contributed by atoms with Crippen LogP contribution in [0.1, 0.15) is 5.56 Å². The van der Waals surface area contributed by atoms with Gasteiger partial charge in [0.15, 0.2) is 0 Å². The van der Waals surface area contributed by atoms with Gasteiger partial charge >= 0.3 is 0 Å². The molecule has 1 aromatic heterocycles. The third-order valence-corrected chi connectivity index (χ3v) is 2.19. The van der Waals surface area contributed by atoms with E-state index in [0.717, 1.165) is 0 Å². The molecule has 2 rings (SSSR count). The Bertz CT molecular complexity index is 533. The van der Waals surface area contributed by atoms with Crippen molar-refractivity contribution in [2.24, 2.45) is 5.84 Å². The van der Waals surface area contributed by atoms with Crippen LogP contribution in [-0.2, 0) is 0 Å². The van der Waals surface area contributed by atoms with Gasteiger partial charge in [-0.25, -0.2) is 20.2 Å². The van der Waals surface area contributed by atoms with Gasteiger partial charge < -0.3 is 10.2 Å². The lowest BCUT2D eigenvalue weighted by Crippen LogP contribution is -2.11. The quantitative estimate of drug-likeness (QED) is 0.627. The zero-order valence-corrected chi connectivity index (χ0v) is 9.14. The maximum Gasteiger partial charge on any atom is 0.227 e. The fourth-order valence-corrected chi connectivity index (χ4v) is 1.32. The molecule has 0 atom stereocenters. The van der Waals surface area contributed by atoms with Crippen LogP contribution in [0.15, 0.2) is 30.6 Å². The van der Waals surface area contributed by atoms with Crippen molar-refractivity contribution < 1.29 is 9.13 Å². The number of nitrogens with two attached hydrogens (primary N) is 1. The van der Waals surface area contributed by atoms with Crippen LogP contribution < -0.4 is 16.0 Å². The minimum Gasteiger partial charge on any atom is -0.438 e. The number of halogens is 1. The van der Waals surface area contributed by atoms with E-state index in [-0.39, 0.29) is 5.82 Å². The van der Waals surface area contributed by atoms with Gasteiger partial charge in [0.25, 0.3) is 0 Å². The number of hydrogen-bond acceptors (Lipinski definition) is 5. The van der Waals surface area contributed by atoms with E-state index in [2.05, 4.69) is 15.4 Å². The number of nitrogen functional groups attached to an aromatic ring is 1. The molecular formula is C11H11FN4O. The number of aromatic nitrogens is 2. The number of nitrogens with zero attached hydrogens (tertiary/aromatic N) is 2. The minimum atomic E-state index is -0.369. The molecule has 5 nitrogen and oxygen atoms in total. The first kappa shape index (κ1) is 11.3. The monoisotopic (exact) mass is 234 g/mol. The van der Waals surface area contributed by atoms with Crippen molar-refractivity contribution in [2.75, 3.05) is 5.43 Å². The molecule has 0 unspecified atom stereocenters. The zero-order valence-electron chi connectivity index (χ0n) is 9.14. The molecule has 0 fully saturated rings. The molecule has 0 aliphatic rings. The fourth-order valence-electron chi connectivity index (χ4n) is 1.32. The molecule has 1 heterocycles. The van der Waals surface area contributed by atoms with Crippen LogP contribution in [0, 0.1) is 12.7 Å². The molecular weight excluding hydrogens is 223 g/mol. The number of benzene rings is 1. The molecule has 0 amide bonds. The number of anilines is 1. The van der Waals surface area contributed by atoms with Gasteiger partial charge in [-0.05, 0) is 19.1 Å². The first-order chi connectivity index (χ1) is 8.20. The number of hydrogen-bond donors (Lipinski definition) is 2. The van der Waals surface area contributed by atoms with Crippen molar-refractivity contribution in [3.63, 3.8) is 0 Å². The van der Waals surface area contributed by atoms with Gasteiger partial charge in [-0.15, -0.1) is 0 Å². The molecule has 3 N–H and O–H groups in total. The van der Waals surface area contributed by atoms with E-state index < -0.39 is 0 Å². The Labute approximate surface area is 97.4 Å². The Morgan fingerprint density at radius 2 is 2.18 bits per heavy atom. The van der Waals surface area contributed by atoms with Crippen molar-refractivity contribution in [1.82, 2.24) is 9.97 Å². The van der Waals surface area contributed by atoms with Gasteiger partial charge in [0, 0.05) is 6.07 Å². The minimum absolute atomic E-state index is 0.332. The van der Waals surface area contributed by atoms with E-state index in [4.69, 9.17) is 10.6 Å². The van der Waals surface area contributed by atoms with Crippen LogP contribution in [-0.4, -0.2) is 9.97 Å². The molecule has 88 valence electrons. The molecule has 2 aromatic rings. The van der Waals surface area contributed by atoms with E-state index in [1.54, 1.807) is 19.1 Å². The third kappa shape index (κ3) is 2.48. The van der Waals surface area contributed by atoms with E-state index in [1.165, 1.54) is 18.5 Å². The van der Waals surface area contributed by atoms with Gasteiger partial charge in [-0.1, -0.05) is 6.07 Å². The highest BCUT2D eigenvalue weighted by Gasteiger charge is 2.08. The second-order valence-electron chi connectivity index (χ2n) is 3.36. The Balaban J connectivity index is 2.30. The molecule has 1 aromatic carbocycles. The van der Waals surface area contributed by atoms with Crippen molar-refractivity contribution in [3.05, 3.63) is 42.0 Å². The summed E-state index contributed by atoms with van der Waals surface area (Å²) in [7, 11) is 0. The van der Waals surface area contributed by atoms with Crippen molar-refractivity contribution in [2.45, 2.75) is 6.92 Å². The molecule has 0 aliphatic carbocycles. The summed E-state index contributed by atoms with van der Waals surface area (Å²) in [6.07, 6.45) is 1.32. The number of nitrogens with one attached hydrogen (secondary N) is 1. The molecule has 0 saturated heterocycles. The normalized spacial score (nSPS) is 10.1. The Kier molecular flexibility index (Phi) is 3.15. The van der Waals surface area contributed by atoms with Gasteiger partial charge in [0.1, 0.15) is 23.7 Å². The summed E-state index contributed by atoms with van der Waals surface area (Å²) in [4.78, 5) is 7.88. The summed E-state index contributed by atoms with van der Waals surface area (Å²) in [5.74, 6) is 6.08. The summed E-state index contributed by atoms with van der Waals surface area (Å²) in [6.45, 7) is 1.75. The summed E-state index contributed by atoms with van der Waals surface area (Å²) >= 11 is 0. The van der Waals surface area contributed by atoms with E-state index in [9.17, 15) is 4.39 Å². The van der Waals surface area contributed by atoms with Crippen LogP contribution in [0.5, 0.6) is 11.6 Å². The summed E-state index contributed by atoms with van der Waals surface area (Å²) < 4.78 is 18.4. The van der Waals surface area contributed by atoms with Crippen molar-refractivity contribution in [3.8, 4) is 11.6 Å². The molecule has 0 bridgehead atoms. The third-order valence-electron chi connectivity index (χ3n) is 2.19. The van der Waals surface area contributed by atoms with Crippen LogP contribution in [0.2, 0.25) is 0 Å². The molecule has 6 heteroatoms. The molecule has 0 spiro atoms. The molecule has 0 saturated carbocycles. The largest absolute Gasteiger partial charge is 0.438 e. The predicted octanol–water partition coefficient (Wildman–Crippen LogP) is 2.00. The maximum absolute atomic E-state index is 13.0. The average Bonchev–Trinajstić information content (AvgIpc) is 2.32. The highest BCUT2D eigenvalue weighted by molar-refractivity contribution is 5.47. The molecule has 0 radical (unpaired) electrons. The average molecular weight is 234 g/mol. The second kappa shape index (κ2) is 4.75. The lowest BCUT2D eigenvalue weighted by Gasteiger charge is -2.09. The smallest absolute Gasteiger partial charge is 0.227 e. The highest BCUT2D eigenvalue weighted by Crippen LogP contribution is 2.25. The topological polar surface area (TPSA) is 73.1 Å². The summed E-state index contributed by atoms with van der Waals surface area (Å²) in [5.41, 5.74) is 3.08. The van der Waals surface area contributed by atoms with Gasteiger partial charge in [-0.3, -0.25) is 0 Å². The van der Waals surface area contributed by atoms with Gasteiger partial charge in [0.05, 0.1) is 5.56 Å². The van der Waals surface area contributed by atoms with Crippen LogP contribution in [0.3, 0.4) is 0 Å². The van der Waals surface area contributed by atoms with Crippen LogP contribution in [0.4, 0.5) is 10.2 Å². The van der Waals surface area contributed by atoms with Crippen molar-refractivity contribution >= 4 is 5.82 Å². The summed E-state index contributed by atoms with van der Waals surface area (Å²) in [5, 5.41) is 0. The lowest BCUT2D eigenvalue weighted by atomic mass is 10.3. The standard InChI is InChI=1S/C11H11FN4O/c1-7-10(16-13)14-6-15-11(7)17-9-4-2-3-8(12)5-9/h2-6H,13H2,1H3,(H,14,15,16). The van der Waals surface area contributed by atoms with E-state index >= 15 is 0 Å². The Morgan fingerprint density at radius 1 is 1.35 bits per heavy atom. The first-order valence-corrected chi connectivity index (χ1v) is 4.92. The van der Waals surface area contributed by atoms with Crippen LogP contribution >= 0.6 is 0 Å². The number of hydrazine groups is 1. The lowest BCUT2D eigenvalue weighted by molar-refractivity contribution is 0.453. The van der Waals surface area contributed by atoms with Gasteiger partial charge in [0.2, 0.25) is 5.88 Å². The number of ether oxygens (including phenoxy) is 1. The molecule has 17 heavy (non-hydrogen) atoms. The number of rotatable bonds is 3. The summed E-state index contributed by atoms with van der Waals surface area (Å²) in [6, 6.07) is 5.81. The second-order valence-corrected chi connectivity index (χ2v) is 3.36. The van der Waals surface area contributed by atoms with Gasteiger partial charge in [-0.2, -0.15) is 0 Å². The SMILES string of the molecule is Cc1c(NN)ncnc1Oc1cccc(F)c1. The van der Waals surface area contributed by atoms with Crippen LogP contribution in [0.25, 0.3) is 0 Å². The van der Waals surface area contributed by atoms with Crippen molar-refractivity contribution in [1.29, 1.82) is 0 Å². The highest BCUT2D eigenvalue weighted by atomic mass is 19.1. The van der Waals surface area contributed by atoms with E-state index in [0.29, 0.717) is 23.0 Å².